The summed E-state index contributed by atoms with van der Waals surface area (Å²) in [4.78, 5) is 22.1. The Kier molecular flexibility index (Phi) is 8.75. The Morgan fingerprint density at radius 3 is 1.44 bits per heavy atom. The fourth-order valence-corrected chi connectivity index (χ4v) is 2.08. The largest absolute Gasteiger partial charge is 0.508 e. The summed E-state index contributed by atoms with van der Waals surface area (Å²) >= 11 is 0. The smallest absolute Gasteiger partial charge is 0.233 e. The van der Waals surface area contributed by atoms with Crippen molar-refractivity contribution in [1.29, 1.82) is 0 Å². The Labute approximate surface area is 159 Å². The van der Waals surface area contributed by atoms with Crippen LogP contribution >= 0.6 is 0 Å². The maximum absolute atomic E-state index is 11.2. The Hall–Kier alpha value is -3.66. The van der Waals surface area contributed by atoms with Crippen LogP contribution in [0.4, 0.5) is 0 Å². The van der Waals surface area contributed by atoms with Crippen molar-refractivity contribution in [2.45, 2.75) is 7.43 Å². The van der Waals surface area contributed by atoms with Crippen molar-refractivity contribution in [2.24, 2.45) is 0 Å². The molecule has 4 rings (SSSR count). The van der Waals surface area contributed by atoms with Crippen LogP contribution in [0.15, 0.2) is 91.0 Å². The molecule has 0 bridgehead atoms. The third-order valence-electron chi connectivity index (χ3n) is 3.36. The molecule has 0 radical (unpaired) electrons. The van der Waals surface area contributed by atoms with Crippen molar-refractivity contribution < 1.29 is 19.8 Å². The van der Waals surface area contributed by atoms with Crippen LogP contribution in [-0.4, -0.2) is 21.8 Å². The van der Waals surface area contributed by atoms with Gasteiger partial charge >= 0.3 is 0 Å². The number of carbonyl (C=O) groups excluding carboxylic acids is 2. The molecule has 1 aliphatic carbocycles. The van der Waals surface area contributed by atoms with Gasteiger partial charge in [-0.25, -0.2) is 0 Å². The number of ketones is 2. The third-order valence-corrected chi connectivity index (χ3v) is 3.36. The maximum Gasteiger partial charge on any atom is 0.233 e. The average molecular weight is 362 g/mol. The minimum absolute atomic E-state index is 0. The first-order chi connectivity index (χ1) is 12.6. The van der Waals surface area contributed by atoms with Crippen molar-refractivity contribution in [3.05, 3.63) is 102 Å². The highest BCUT2D eigenvalue weighted by molar-refractivity contribution is 6.49. The minimum atomic E-state index is -0.436. The van der Waals surface area contributed by atoms with Gasteiger partial charge in [-0.3, -0.25) is 9.59 Å². The summed E-state index contributed by atoms with van der Waals surface area (Å²) in [6.45, 7) is 0. The second-order valence-corrected chi connectivity index (χ2v) is 5.29. The molecular formula is C23H22O4. The summed E-state index contributed by atoms with van der Waals surface area (Å²) in [6.07, 6.45) is 2.98. The number of para-hydroxylation sites is 2. The van der Waals surface area contributed by atoms with Crippen molar-refractivity contribution in [3.8, 4) is 11.5 Å². The maximum atomic E-state index is 11.2. The number of Topliss-reactive ketones (excluding diaryl/α,β-unsaturated/α-hetero) is 1. The van der Waals surface area contributed by atoms with Crippen LogP contribution < -0.4 is 0 Å². The van der Waals surface area contributed by atoms with Gasteiger partial charge in [0.05, 0.1) is 0 Å². The molecule has 4 nitrogen and oxygen atoms in total. The van der Waals surface area contributed by atoms with Crippen LogP contribution in [0.5, 0.6) is 11.5 Å². The normalized spacial score (nSPS) is 11.0. The number of fused-ring (bicyclic) bond motifs is 1. The number of carbonyl (C=O) groups is 2. The molecule has 4 heteroatoms. The first kappa shape index (κ1) is 21.4. The number of allylic oxidation sites excluding steroid dienone is 1. The van der Waals surface area contributed by atoms with E-state index in [1.54, 1.807) is 66.7 Å². The van der Waals surface area contributed by atoms with Gasteiger partial charge in [-0.2, -0.15) is 0 Å². The Bertz CT molecular complexity index is 847. The first-order valence-electron chi connectivity index (χ1n) is 7.91. The molecule has 0 amide bonds. The molecule has 0 saturated heterocycles. The van der Waals surface area contributed by atoms with Crippen molar-refractivity contribution >= 4 is 17.6 Å². The predicted molar refractivity (Wildman–Crippen MR) is 108 cm³/mol. The van der Waals surface area contributed by atoms with E-state index in [9.17, 15) is 9.59 Å². The number of phenols is 2. The third kappa shape index (κ3) is 7.00. The first-order valence-corrected chi connectivity index (χ1v) is 7.91. The summed E-state index contributed by atoms with van der Waals surface area (Å²) in [5, 5.41) is 17.3. The molecule has 3 aromatic rings. The Morgan fingerprint density at radius 1 is 0.556 bits per heavy atom. The molecule has 27 heavy (non-hydrogen) atoms. The number of benzene rings is 3. The molecule has 0 spiro atoms. The van der Waals surface area contributed by atoms with Crippen molar-refractivity contribution in [1.82, 2.24) is 0 Å². The lowest BCUT2D eigenvalue weighted by atomic mass is 9.96. The molecule has 2 N–H and O–H groups in total. The van der Waals surface area contributed by atoms with Crippen LogP contribution in [-0.2, 0) is 4.79 Å². The molecule has 0 aliphatic heterocycles. The fraction of sp³-hybridized carbons (Fsp3) is 0.0435. The number of aromatic hydroxyl groups is 2. The lowest BCUT2D eigenvalue weighted by Crippen LogP contribution is -2.15. The zero-order chi connectivity index (χ0) is 18.8. The van der Waals surface area contributed by atoms with Gasteiger partial charge in [0.15, 0.2) is 0 Å². The molecule has 3 aromatic carbocycles. The summed E-state index contributed by atoms with van der Waals surface area (Å²) in [5.41, 5.74) is 1.33. The van der Waals surface area contributed by atoms with E-state index in [1.165, 1.54) is 6.08 Å². The van der Waals surface area contributed by atoms with Crippen molar-refractivity contribution in [2.75, 3.05) is 0 Å². The highest BCUT2D eigenvalue weighted by Gasteiger charge is 2.19. The zero-order valence-electron chi connectivity index (χ0n) is 13.9. The Balaban J connectivity index is 0.000000211. The minimum Gasteiger partial charge on any atom is -0.508 e. The van der Waals surface area contributed by atoms with E-state index < -0.39 is 11.6 Å². The topological polar surface area (TPSA) is 74.6 Å². The van der Waals surface area contributed by atoms with Gasteiger partial charge in [0.25, 0.3) is 0 Å². The standard InChI is InChI=1S/C10H6O2.2C6H6O.CH4/c11-9-6-5-7-3-1-2-4-8(7)10(9)12;2*7-6-4-2-1-3-5-6;/h1-6H;2*1-5,7H;1H4. The predicted octanol–water partition coefficient (Wildman–Crippen LogP) is 4.89. The van der Waals surface area contributed by atoms with E-state index in [4.69, 9.17) is 10.2 Å². The summed E-state index contributed by atoms with van der Waals surface area (Å²) in [6, 6.07) is 24.5. The molecular weight excluding hydrogens is 340 g/mol. The summed E-state index contributed by atoms with van der Waals surface area (Å²) < 4.78 is 0. The number of hydrogen-bond acceptors (Lipinski definition) is 4. The van der Waals surface area contributed by atoms with E-state index in [1.807, 2.05) is 24.3 Å². The number of rotatable bonds is 0. The summed E-state index contributed by atoms with van der Waals surface area (Å²) in [7, 11) is 0. The van der Waals surface area contributed by atoms with Gasteiger partial charge < -0.3 is 10.2 Å². The van der Waals surface area contributed by atoms with Crippen LogP contribution in [0.25, 0.3) is 6.08 Å². The quantitative estimate of drug-likeness (QED) is 0.559. The van der Waals surface area contributed by atoms with Gasteiger partial charge in [-0.1, -0.05) is 74.2 Å². The van der Waals surface area contributed by atoms with Crippen LogP contribution in [0.1, 0.15) is 23.3 Å². The second kappa shape index (κ2) is 11.1. The highest BCUT2D eigenvalue weighted by Crippen LogP contribution is 2.16. The Morgan fingerprint density at radius 2 is 1.00 bits per heavy atom. The average Bonchev–Trinajstić information content (AvgIpc) is 2.67. The molecule has 0 unspecified atom stereocenters. The molecule has 0 heterocycles. The van der Waals surface area contributed by atoms with Crippen LogP contribution in [0, 0.1) is 0 Å². The molecule has 1 aliphatic rings. The fourth-order valence-electron chi connectivity index (χ4n) is 2.08. The van der Waals surface area contributed by atoms with Crippen LogP contribution in [0.3, 0.4) is 0 Å². The number of hydrogen-bond donors (Lipinski definition) is 2. The monoisotopic (exact) mass is 362 g/mol. The van der Waals surface area contributed by atoms with Gasteiger partial charge in [-0.05, 0) is 35.9 Å². The molecule has 0 fully saturated rings. The number of phenolic OH excluding ortho intramolecular Hbond substituents is 2. The lowest BCUT2D eigenvalue weighted by Gasteiger charge is -2.06. The van der Waals surface area contributed by atoms with Gasteiger partial charge in [0, 0.05) is 5.56 Å². The van der Waals surface area contributed by atoms with E-state index in [0.29, 0.717) is 17.1 Å². The van der Waals surface area contributed by atoms with E-state index in [-0.39, 0.29) is 7.43 Å². The van der Waals surface area contributed by atoms with E-state index in [0.717, 1.165) is 5.56 Å². The lowest BCUT2D eigenvalue weighted by molar-refractivity contribution is -0.110. The van der Waals surface area contributed by atoms with E-state index in [2.05, 4.69) is 0 Å². The van der Waals surface area contributed by atoms with Crippen LogP contribution in [0.2, 0.25) is 0 Å². The molecule has 0 saturated carbocycles. The summed E-state index contributed by atoms with van der Waals surface area (Å²) in [5.74, 6) is -0.202. The molecule has 0 aromatic heterocycles. The van der Waals surface area contributed by atoms with E-state index >= 15 is 0 Å². The van der Waals surface area contributed by atoms with Gasteiger partial charge in [0.2, 0.25) is 11.6 Å². The SMILES string of the molecule is C.O=C1C=Cc2ccccc2C1=O.Oc1ccccc1.Oc1ccccc1. The second-order valence-electron chi connectivity index (χ2n) is 5.29. The zero-order valence-corrected chi connectivity index (χ0v) is 13.9. The van der Waals surface area contributed by atoms with Gasteiger partial charge in [-0.15, -0.1) is 0 Å². The molecule has 138 valence electrons. The van der Waals surface area contributed by atoms with Gasteiger partial charge in [0.1, 0.15) is 11.5 Å². The van der Waals surface area contributed by atoms with Crippen molar-refractivity contribution in [3.63, 3.8) is 0 Å². The highest BCUT2D eigenvalue weighted by atomic mass is 16.3. The molecule has 0 atom stereocenters.